The minimum atomic E-state index is -1.03. The van der Waals surface area contributed by atoms with Gasteiger partial charge in [0.15, 0.2) is 0 Å². The van der Waals surface area contributed by atoms with Crippen molar-refractivity contribution in [2.24, 2.45) is 0 Å². The summed E-state index contributed by atoms with van der Waals surface area (Å²) in [6.07, 6.45) is 0.847. The van der Waals surface area contributed by atoms with E-state index in [2.05, 4.69) is 15.6 Å². The molecule has 106 valence electrons. The lowest BCUT2D eigenvalue weighted by atomic mass is 10.2. The van der Waals surface area contributed by atoms with Crippen LogP contribution in [0.15, 0.2) is 18.2 Å². The zero-order chi connectivity index (χ0) is 14.7. The van der Waals surface area contributed by atoms with Crippen molar-refractivity contribution in [2.45, 2.75) is 26.3 Å². The van der Waals surface area contributed by atoms with Gasteiger partial charge in [-0.1, -0.05) is 12.1 Å². The van der Waals surface area contributed by atoms with Gasteiger partial charge in [-0.2, -0.15) is 0 Å². The topological polar surface area (TPSA) is 97.1 Å². The Labute approximate surface area is 115 Å². The van der Waals surface area contributed by atoms with Crippen LogP contribution in [0.4, 0.5) is 0 Å². The van der Waals surface area contributed by atoms with Crippen LogP contribution in [0, 0.1) is 0 Å². The predicted molar refractivity (Wildman–Crippen MR) is 72.5 cm³/mol. The fraction of sp³-hybridized carbons (Fsp3) is 0.385. The maximum absolute atomic E-state index is 11.9. The molecule has 1 aromatic carbocycles. The number of fused-ring (bicyclic) bond motifs is 1. The normalized spacial score (nSPS) is 12.3. The molecule has 1 unspecified atom stereocenters. The molecule has 1 atom stereocenters. The molecule has 0 spiro atoms. The van der Waals surface area contributed by atoms with Gasteiger partial charge in [-0.15, -0.1) is 5.10 Å². The summed E-state index contributed by atoms with van der Waals surface area (Å²) in [6, 6.07) is 3.97. The Morgan fingerprint density at radius 3 is 2.85 bits per heavy atom. The Bertz CT molecular complexity index is 650. The number of carbonyl (C=O) groups excluding carboxylic acids is 1. The van der Waals surface area contributed by atoms with Crippen molar-refractivity contribution in [2.75, 3.05) is 6.54 Å². The minimum absolute atomic E-state index is 0.141. The zero-order valence-corrected chi connectivity index (χ0v) is 11.3. The van der Waals surface area contributed by atoms with Crippen molar-refractivity contribution >= 4 is 22.9 Å². The molecular weight excluding hydrogens is 260 g/mol. The van der Waals surface area contributed by atoms with E-state index in [1.165, 1.54) is 16.8 Å². The number of carboxylic acid groups (broad SMARTS) is 1. The molecule has 0 bridgehead atoms. The lowest BCUT2D eigenvalue weighted by Gasteiger charge is -2.12. The highest BCUT2D eigenvalue weighted by Gasteiger charge is 2.19. The summed E-state index contributed by atoms with van der Waals surface area (Å²) in [5, 5.41) is 19.7. The molecule has 0 aliphatic heterocycles. The van der Waals surface area contributed by atoms with E-state index in [4.69, 9.17) is 5.11 Å². The van der Waals surface area contributed by atoms with Crippen LogP contribution >= 0.6 is 0 Å². The number of carbonyl (C=O) groups is 2. The molecule has 0 aliphatic carbocycles. The minimum Gasteiger partial charge on any atom is -0.478 e. The Morgan fingerprint density at radius 2 is 2.20 bits per heavy atom. The number of nitrogens with zero attached hydrogens (tertiary/aromatic N) is 3. The maximum atomic E-state index is 11.9. The van der Waals surface area contributed by atoms with Crippen molar-refractivity contribution in [1.82, 2.24) is 20.3 Å². The standard InChI is InChI=1S/C13H16N4O3/c1-3-6-14-12(18)8(2)17-11-7-9(13(19)20)4-5-10(11)15-16-17/h4-5,7-8H,3,6H2,1-2H3,(H,14,18)(H,19,20). The molecule has 1 heterocycles. The van der Waals surface area contributed by atoms with Crippen LogP contribution in [0.25, 0.3) is 11.0 Å². The summed E-state index contributed by atoms with van der Waals surface area (Å²) in [6.45, 7) is 4.26. The summed E-state index contributed by atoms with van der Waals surface area (Å²) in [4.78, 5) is 22.9. The van der Waals surface area contributed by atoms with E-state index in [9.17, 15) is 9.59 Å². The molecule has 20 heavy (non-hydrogen) atoms. The van der Waals surface area contributed by atoms with Crippen LogP contribution < -0.4 is 5.32 Å². The molecule has 1 aromatic heterocycles. The van der Waals surface area contributed by atoms with Crippen LogP contribution in [-0.4, -0.2) is 38.5 Å². The molecule has 2 rings (SSSR count). The third kappa shape index (κ3) is 2.61. The Hall–Kier alpha value is -2.44. The number of hydrogen-bond donors (Lipinski definition) is 2. The van der Waals surface area contributed by atoms with Crippen molar-refractivity contribution < 1.29 is 14.7 Å². The highest BCUT2D eigenvalue weighted by molar-refractivity contribution is 5.92. The summed E-state index contributed by atoms with van der Waals surface area (Å²) < 4.78 is 1.44. The first-order chi connectivity index (χ1) is 9.54. The summed E-state index contributed by atoms with van der Waals surface area (Å²) in [5.41, 5.74) is 1.23. The molecule has 7 nitrogen and oxygen atoms in total. The van der Waals surface area contributed by atoms with Crippen LogP contribution in [0.3, 0.4) is 0 Å². The SMILES string of the molecule is CCCNC(=O)C(C)n1nnc2ccc(C(=O)O)cc21. The first kappa shape index (κ1) is 14.0. The molecule has 0 aliphatic rings. The highest BCUT2D eigenvalue weighted by Crippen LogP contribution is 2.17. The van der Waals surface area contributed by atoms with Gasteiger partial charge in [0.05, 0.1) is 11.1 Å². The van der Waals surface area contributed by atoms with Gasteiger partial charge in [0, 0.05) is 6.54 Å². The van der Waals surface area contributed by atoms with Gasteiger partial charge in [-0.25, -0.2) is 9.48 Å². The lowest BCUT2D eigenvalue weighted by molar-refractivity contribution is -0.124. The molecule has 0 saturated carbocycles. The second-order valence-electron chi connectivity index (χ2n) is 4.51. The number of rotatable bonds is 5. The average molecular weight is 276 g/mol. The molecule has 0 fully saturated rings. The first-order valence-electron chi connectivity index (χ1n) is 6.40. The van der Waals surface area contributed by atoms with Crippen molar-refractivity contribution in [1.29, 1.82) is 0 Å². The average Bonchev–Trinajstić information content (AvgIpc) is 2.86. The van der Waals surface area contributed by atoms with Crippen LogP contribution in [0.2, 0.25) is 0 Å². The van der Waals surface area contributed by atoms with E-state index in [0.717, 1.165) is 6.42 Å². The molecule has 7 heteroatoms. The number of benzene rings is 1. The van der Waals surface area contributed by atoms with Gasteiger partial charge in [0.1, 0.15) is 11.6 Å². The number of aromatic carboxylic acids is 1. The van der Waals surface area contributed by atoms with Crippen molar-refractivity contribution in [3.05, 3.63) is 23.8 Å². The molecule has 0 radical (unpaired) electrons. The smallest absolute Gasteiger partial charge is 0.335 e. The Morgan fingerprint density at radius 1 is 1.45 bits per heavy atom. The largest absolute Gasteiger partial charge is 0.478 e. The van der Waals surface area contributed by atoms with Gasteiger partial charge < -0.3 is 10.4 Å². The van der Waals surface area contributed by atoms with Crippen LogP contribution in [0.5, 0.6) is 0 Å². The summed E-state index contributed by atoms with van der Waals surface area (Å²) in [5.74, 6) is -1.19. The molecule has 2 aromatic rings. The van der Waals surface area contributed by atoms with Gasteiger partial charge in [0.25, 0.3) is 0 Å². The maximum Gasteiger partial charge on any atom is 0.335 e. The third-order valence-electron chi connectivity index (χ3n) is 3.01. The second kappa shape index (κ2) is 5.68. The fourth-order valence-corrected chi connectivity index (χ4v) is 1.86. The van der Waals surface area contributed by atoms with Crippen LogP contribution in [0.1, 0.15) is 36.7 Å². The lowest BCUT2D eigenvalue weighted by Crippen LogP contribution is -2.32. The molecule has 0 saturated heterocycles. The summed E-state index contributed by atoms with van der Waals surface area (Å²) >= 11 is 0. The van der Waals surface area contributed by atoms with E-state index < -0.39 is 12.0 Å². The van der Waals surface area contributed by atoms with E-state index in [-0.39, 0.29) is 11.5 Å². The molecule has 2 N–H and O–H groups in total. The number of nitrogens with one attached hydrogen (secondary N) is 1. The van der Waals surface area contributed by atoms with Crippen molar-refractivity contribution in [3.63, 3.8) is 0 Å². The fourth-order valence-electron chi connectivity index (χ4n) is 1.86. The predicted octanol–water partition coefficient (Wildman–Crippen LogP) is 1.22. The quantitative estimate of drug-likeness (QED) is 0.855. The Kier molecular flexibility index (Phi) is 3.97. The summed E-state index contributed by atoms with van der Waals surface area (Å²) in [7, 11) is 0. The third-order valence-corrected chi connectivity index (χ3v) is 3.01. The molecule has 1 amide bonds. The highest BCUT2D eigenvalue weighted by atomic mass is 16.4. The van der Waals surface area contributed by atoms with Gasteiger partial charge in [-0.3, -0.25) is 4.79 Å². The van der Waals surface area contributed by atoms with Gasteiger partial charge >= 0.3 is 5.97 Å². The van der Waals surface area contributed by atoms with Crippen LogP contribution in [-0.2, 0) is 4.79 Å². The number of aromatic nitrogens is 3. The van der Waals surface area contributed by atoms with E-state index >= 15 is 0 Å². The first-order valence-corrected chi connectivity index (χ1v) is 6.40. The van der Waals surface area contributed by atoms with E-state index in [1.54, 1.807) is 13.0 Å². The van der Waals surface area contributed by atoms with E-state index in [0.29, 0.717) is 17.6 Å². The zero-order valence-electron chi connectivity index (χ0n) is 11.3. The Balaban J connectivity index is 2.36. The van der Waals surface area contributed by atoms with Gasteiger partial charge in [-0.05, 0) is 31.5 Å². The molecular formula is C13H16N4O3. The van der Waals surface area contributed by atoms with Gasteiger partial charge in [0.2, 0.25) is 5.91 Å². The van der Waals surface area contributed by atoms with Crippen molar-refractivity contribution in [3.8, 4) is 0 Å². The number of amides is 1. The van der Waals surface area contributed by atoms with E-state index in [1.807, 2.05) is 6.92 Å². The number of hydrogen-bond acceptors (Lipinski definition) is 4. The monoisotopic (exact) mass is 276 g/mol. The second-order valence-corrected chi connectivity index (χ2v) is 4.51. The number of carboxylic acids is 1.